The maximum Gasteiger partial charge on any atom is 0.387 e. The van der Waals surface area contributed by atoms with Crippen LogP contribution in [0.2, 0.25) is 0 Å². The number of nitriles is 1. The van der Waals surface area contributed by atoms with Gasteiger partial charge in [-0.3, -0.25) is 0 Å². The topological polar surface area (TPSA) is 45.9 Å². The number of thiazole rings is 1. The number of fused-ring (bicyclic) bond motifs is 1. The summed E-state index contributed by atoms with van der Waals surface area (Å²) < 4.78 is 31.3. The molecule has 3 rings (SSSR count). The second-order valence-corrected chi connectivity index (χ2v) is 6.66. The number of hydrogen-bond donors (Lipinski definition) is 0. The quantitative estimate of drug-likeness (QED) is 0.520. The third-order valence-electron chi connectivity index (χ3n) is 3.13. The van der Waals surface area contributed by atoms with Crippen LogP contribution in [-0.2, 0) is 0 Å². The summed E-state index contributed by atoms with van der Waals surface area (Å²) in [5.74, 6) is 0.00191. The van der Waals surface area contributed by atoms with Crippen molar-refractivity contribution in [2.75, 3.05) is 0 Å². The zero-order valence-electron chi connectivity index (χ0n) is 12.0. The number of rotatable bonds is 4. The number of ether oxygens (including phenoxy) is 1. The number of allylic oxidation sites excluding steroid dienone is 1. The Morgan fingerprint density at radius 1 is 1.29 bits per heavy atom. The molecule has 0 atom stereocenters. The van der Waals surface area contributed by atoms with Crippen LogP contribution in [0.4, 0.5) is 8.78 Å². The van der Waals surface area contributed by atoms with Crippen LogP contribution >= 0.6 is 27.3 Å². The van der Waals surface area contributed by atoms with Crippen LogP contribution in [0.5, 0.6) is 5.75 Å². The predicted molar refractivity (Wildman–Crippen MR) is 93.9 cm³/mol. The molecule has 0 aliphatic rings. The van der Waals surface area contributed by atoms with Crippen molar-refractivity contribution in [2.24, 2.45) is 0 Å². The molecule has 3 aromatic rings. The van der Waals surface area contributed by atoms with E-state index in [9.17, 15) is 14.0 Å². The molecule has 0 spiro atoms. The first-order chi connectivity index (χ1) is 11.6. The lowest BCUT2D eigenvalue weighted by Gasteiger charge is -2.08. The Morgan fingerprint density at radius 2 is 2.08 bits per heavy atom. The highest BCUT2D eigenvalue weighted by atomic mass is 79.9. The van der Waals surface area contributed by atoms with Gasteiger partial charge in [-0.05, 0) is 36.4 Å². The normalized spacial score (nSPS) is 11.7. The minimum atomic E-state index is -2.94. The lowest BCUT2D eigenvalue weighted by molar-refractivity contribution is -0.0499. The van der Waals surface area contributed by atoms with Crippen LogP contribution in [-0.4, -0.2) is 11.6 Å². The van der Waals surface area contributed by atoms with Crippen molar-refractivity contribution in [3.8, 4) is 11.8 Å². The Kier molecular flexibility index (Phi) is 4.88. The second kappa shape index (κ2) is 7.07. The van der Waals surface area contributed by atoms with Crippen molar-refractivity contribution in [1.29, 1.82) is 5.26 Å². The Bertz CT molecular complexity index is 930. The molecule has 120 valence electrons. The van der Waals surface area contributed by atoms with Crippen LogP contribution in [0, 0.1) is 11.3 Å². The van der Waals surface area contributed by atoms with E-state index >= 15 is 0 Å². The zero-order chi connectivity index (χ0) is 17.1. The van der Waals surface area contributed by atoms with Gasteiger partial charge in [0, 0.05) is 10.0 Å². The highest BCUT2D eigenvalue weighted by Crippen LogP contribution is 2.31. The molecule has 0 unspecified atom stereocenters. The number of aromatic nitrogens is 1. The molecular formula is C17H9BrF2N2OS. The van der Waals surface area contributed by atoms with Gasteiger partial charge in [-0.15, -0.1) is 11.3 Å². The summed E-state index contributed by atoms with van der Waals surface area (Å²) in [5, 5.41) is 9.99. The van der Waals surface area contributed by atoms with E-state index in [2.05, 4.69) is 31.7 Å². The maximum absolute atomic E-state index is 12.6. The van der Waals surface area contributed by atoms with Crippen molar-refractivity contribution >= 4 is 49.1 Å². The summed E-state index contributed by atoms with van der Waals surface area (Å²) in [6.45, 7) is -2.94. The van der Waals surface area contributed by atoms with Gasteiger partial charge in [0.05, 0.1) is 15.8 Å². The minimum Gasteiger partial charge on any atom is -0.434 e. The lowest BCUT2D eigenvalue weighted by Crippen LogP contribution is -2.03. The van der Waals surface area contributed by atoms with Crippen LogP contribution in [0.15, 0.2) is 46.9 Å². The van der Waals surface area contributed by atoms with E-state index in [0.29, 0.717) is 15.0 Å². The molecule has 0 amide bonds. The van der Waals surface area contributed by atoms with Crippen molar-refractivity contribution in [3.05, 3.63) is 57.5 Å². The Balaban J connectivity index is 2.07. The highest BCUT2D eigenvalue weighted by Gasteiger charge is 2.13. The van der Waals surface area contributed by atoms with Crippen molar-refractivity contribution in [2.45, 2.75) is 6.61 Å². The molecule has 0 bridgehead atoms. The van der Waals surface area contributed by atoms with E-state index in [0.717, 1.165) is 10.2 Å². The molecule has 0 fully saturated rings. The van der Waals surface area contributed by atoms with Crippen LogP contribution < -0.4 is 4.74 Å². The first kappa shape index (κ1) is 16.6. The van der Waals surface area contributed by atoms with Crippen molar-refractivity contribution < 1.29 is 13.5 Å². The minimum absolute atomic E-state index is 0.00191. The number of benzene rings is 2. The standard InChI is InChI=1S/C17H9BrF2N2OS/c18-12-5-6-14(23-17(19)20)10(8-12)7-11(9-21)16-22-13-3-1-2-4-15(13)24-16/h1-8,17H. The molecule has 0 aliphatic carbocycles. The smallest absolute Gasteiger partial charge is 0.387 e. The lowest BCUT2D eigenvalue weighted by atomic mass is 10.1. The van der Waals surface area contributed by atoms with Crippen LogP contribution in [0.25, 0.3) is 21.9 Å². The van der Waals surface area contributed by atoms with Gasteiger partial charge in [0.25, 0.3) is 0 Å². The van der Waals surface area contributed by atoms with Crippen molar-refractivity contribution in [1.82, 2.24) is 4.98 Å². The summed E-state index contributed by atoms with van der Waals surface area (Å²) in [6, 6.07) is 14.2. The van der Waals surface area contributed by atoms with E-state index in [4.69, 9.17) is 0 Å². The van der Waals surface area contributed by atoms with E-state index in [-0.39, 0.29) is 11.3 Å². The first-order valence-electron chi connectivity index (χ1n) is 6.79. The van der Waals surface area contributed by atoms with Crippen LogP contribution in [0.1, 0.15) is 10.6 Å². The molecule has 0 radical (unpaired) electrons. The third kappa shape index (κ3) is 3.61. The van der Waals surface area contributed by atoms with Gasteiger partial charge in [-0.25, -0.2) is 4.98 Å². The molecule has 0 saturated carbocycles. The maximum atomic E-state index is 12.6. The Morgan fingerprint density at radius 3 is 2.79 bits per heavy atom. The average molecular weight is 407 g/mol. The van der Waals surface area contributed by atoms with E-state index in [1.54, 1.807) is 12.1 Å². The number of para-hydroxylation sites is 1. The first-order valence-corrected chi connectivity index (χ1v) is 8.40. The van der Waals surface area contributed by atoms with Gasteiger partial charge in [-0.1, -0.05) is 28.1 Å². The fourth-order valence-electron chi connectivity index (χ4n) is 2.12. The van der Waals surface area contributed by atoms with E-state index in [1.807, 2.05) is 24.3 Å². The fourth-order valence-corrected chi connectivity index (χ4v) is 3.43. The number of halogens is 3. The third-order valence-corrected chi connectivity index (χ3v) is 4.70. The van der Waals surface area contributed by atoms with E-state index < -0.39 is 6.61 Å². The average Bonchev–Trinajstić information content (AvgIpc) is 2.98. The van der Waals surface area contributed by atoms with Gasteiger partial charge in [-0.2, -0.15) is 14.0 Å². The summed E-state index contributed by atoms with van der Waals surface area (Å²) in [5.41, 5.74) is 1.45. The van der Waals surface area contributed by atoms with Gasteiger partial charge in [0.1, 0.15) is 16.8 Å². The molecule has 2 aromatic carbocycles. The largest absolute Gasteiger partial charge is 0.434 e. The molecule has 0 aliphatic heterocycles. The molecule has 0 N–H and O–H groups in total. The summed E-state index contributed by atoms with van der Waals surface area (Å²) in [4.78, 5) is 4.42. The molecule has 0 saturated heterocycles. The van der Waals surface area contributed by atoms with Gasteiger partial charge in [0.2, 0.25) is 0 Å². The van der Waals surface area contributed by atoms with Crippen LogP contribution in [0.3, 0.4) is 0 Å². The van der Waals surface area contributed by atoms with Gasteiger partial charge in [0.15, 0.2) is 0 Å². The molecular weight excluding hydrogens is 398 g/mol. The SMILES string of the molecule is N#CC(=Cc1cc(Br)ccc1OC(F)F)c1nc2ccccc2s1. The number of alkyl halides is 2. The molecule has 7 heteroatoms. The molecule has 1 heterocycles. The molecule has 1 aromatic heterocycles. The van der Waals surface area contributed by atoms with Gasteiger partial charge >= 0.3 is 6.61 Å². The number of nitrogens with zero attached hydrogens (tertiary/aromatic N) is 2. The number of hydrogen-bond acceptors (Lipinski definition) is 4. The predicted octanol–water partition coefficient (Wildman–Crippen LogP) is 5.72. The monoisotopic (exact) mass is 406 g/mol. The summed E-state index contributed by atoms with van der Waals surface area (Å²) in [7, 11) is 0. The van der Waals surface area contributed by atoms with Gasteiger partial charge < -0.3 is 4.74 Å². The summed E-state index contributed by atoms with van der Waals surface area (Å²) >= 11 is 4.66. The summed E-state index contributed by atoms with van der Waals surface area (Å²) in [6.07, 6.45) is 1.50. The Labute approximate surface area is 149 Å². The van der Waals surface area contributed by atoms with Crippen molar-refractivity contribution in [3.63, 3.8) is 0 Å². The van der Waals surface area contributed by atoms with E-state index in [1.165, 1.54) is 23.5 Å². The fraction of sp³-hybridized carbons (Fsp3) is 0.0588. The zero-order valence-corrected chi connectivity index (χ0v) is 14.4. The molecule has 24 heavy (non-hydrogen) atoms. The molecule has 3 nitrogen and oxygen atoms in total. The highest BCUT2D eigenvalue weighted by molar-refractivity contribution is 9.10. The second-order valence-electron chi connectivity index (χ2n) is 4.72. The Hall–Kier alpha value is -2.30.